The zero-order chi connectivity index (χ0) is 51.7. The fourth-order valence-electron chi connectivity index (χ4n) is 12.3. The number of aryl methyl sites for hydroxylation is 2. The normalized spacial score (nSPS) is 21.1. The van der Waals surface area contributed by atoms with Gasteiger partial charge >= 0.3 is 5.69 Å². The van der Waals surface area contributed by atoms with E-state index in [9.17, 15) is 28.4 Å². The van der Waals surface area contributed by atoms with Crippen molar-refractivity contribution in [1.29, 1.82) is 0 Å². The number of nitrogens with one attached hydrogen (secondary N) is 2. The summed E-state index contributed by atoms with van der Waals surface area (Å²) in [6.07, 6.45) is 9.72. The third-order valence-corrected chi connectivity index (χ3v) is 16.6. The molecule has 2 aromatic carbocycles. The Bertz CT molecular complexity index is 3360. The Morgan fingerprint density at radius 1 is 0.892 bits per heavy atom. The number of rotatable bonds is 12. The fraction of sp³-hybridized carbons (Fsp3) is 0.464. The first-order valence-corrected chi connectivity index (χ1v) is 26.3. The number of hydrogen-bond donors (Lipinski definition) is 2. The number of hydrogen-bond acceptors (Lipinski definition) is 10. The van der Waals surface area contributed by atoms with Crippen LogP contribution >= 0.6 is 0 Å². The molecule has 0 spiro atoms. The van der Waals surface area contributed by atoms with Crippen LogP contribution < -0.4 is 21.9 Å². The molecule has 0 unspecified atom stereocenters. The van der Waals surface area contributed by atoms with Gasteiger partial charge in [-0.25, -0.2) is 18.6 Å². The standard InChI is InChI=1S/C56H65F2N11O5/c1-33-24-39(26-42(57)52(33)38-15-20-64(21-16-38)35(3)48-27-41-45(12-17-60-53(41)62(48)5)67-32-43(58)44(59-4)28-51(67)71)55(73)65-18-13-36(14-19-65)31-66-23-22-63(29-34(66)2)30-37-6-9-46-49(25-37)68(40-7-8-40)56(74)69(46)47-10-11-50(70)61-54(47)72/h6,9,12,15,17,24-28,32,34-36,40,47,59H,7-8,10-11,13-14,16,18-23,29-31H2,1-5H3,(H,61,70,72)/t34-,35-,47+/m0/s1. The smallest absolute Gasteiger partial charge is 0.330 e. The van der Waals surface area contributed by atoms with Gasteiger partial charge in [0.25, 0.3) is 11.5 Å². The van der Waals surface area contributed by atoms with Gasteiger partial charge in [0.1, 0.15) is 17.5 Å². The first-order valence-electron chi connectivity index (χ1n) is 26.3. The summed E-state index contributed by atoms with van der Waals surface area (Å²) in [4.78, 5) is 79.2. The summed E-state index contributed by atoms with van der Waals surface area (Å²) in [5.41, 5.74) is 7.13. The van der Waals surface area contributed by atoms with Gasteiger partial charge in [-0.15, -0.1) is 0 Å². The monoisotopic (exact) mass is 1010 g/mol. The molecular formula is C56H65F2N11O5. The van der Waals surface area contributed by atoms with E-state index in [-0.39, 0.29) is 53.1 Å². The molecule has 3 saturated heterocycles. The summed E-state index contributed by atoms with van der Waals surface area (Å²) in [6, 6.07) is 14.1. The Kier molecular flexibility index (Phi) is 13.3. The van der Waals surface area contributed by atoms with Crippen LogP contribution in [0.3, 0.4) is 0 Å². The van der Waals surface area contributed by atoms with Crippen LogP contribution in [0.5, 0.6) is 0 Å². The molecule has 4 aliphatic heterocycles. The number of piperidine rings is 2. The van der Waals surface area contributed by atoms with Crippen LogP contribution in [0.15, 0.2) is 76.6 Å². The molecule has 18 heteroatoms. The van der Waals surface area contributed by atoms with Crippen LogP contribution in [0, 0.1) is 24.5 Å². The molecule has 16 nitrogen and oxygen atoms in total. The Balaban J connectivity index is 0.681. The van der Waals surface area contributed by atoms with Crippen molar-refractivity contribution >= 4 is 51.0 Å². The van der Waals surface area contributed by atoms with E-state index in [0.717, 1.165) is 97.2 Å². The molecule has 8 heterocycles. The number of fused-ring (bicyclic) bond motifs is 2. The molecule has 1 aliphatic carbocycles. The molecular weight excluding hydrogens is 945 g/mol. The highest BCUT2D eigenvalue weighted by Crippen LogP contribution is 2.38. The topological polar surface area (TPSA) is 155 Å². The predicted octanol–water partition coefficient (Wildman–Crippen LogP) is 6.69. The van der Waals surface area contributed by atoms with Gasteiger partial charge in [0.2, 0.25) is 11.8 Å². The van der Waals surface area contributed by atoms with Gasteiger partial charge < -0.3 is 14.8 Å². The molecule has 11 rings (SSSR count). The minimum absolute atomic E-state index is 0.0465. The first-order chi connectivity index (χ1) is 35.6. The van der Waals surface area contributed by atoms with Gasteiger partial charge in [0.05, 0.1) is 28.6 Å². The van der Waals surface area contributed by atoms with Crippen molar-refractivity contribution in [2.45, 2.75) is 96.4 Å². The Morgan fingerprint density at radius 2 is 1.69 bits per heavy atom. The third kappa shape index (κ3) is 9.18. The molecule has 0 radical (unpaired) electrons. The predicted molar refractivity (Wildman–Crippen MR) is 280 cm³/mol. The zero-order valence-electron chi connectivity index (χ0n) is 42.9. The van der Waals surface area contributed by atoms with Crippen LogP contribution in [0.4, 0.5) is 14.5 Å². The maximum absolute atomic E-state index is 16.2. The number of carbonyl (C=O) groups excluding carboxylic acids is 3. The Morgan fingerprint density at radius 3 is 2.39 bits per heavy atom. The summed E-state index contributed by atoms with van der Waals surface area (Å²) in [6.45, 7) is 13.3. The molecule has 74 heavy (non-hydrogen) atoms. The van der Waals surface area contributed by atoms with Gasteiger partial charge in [-0.1, -0.05) is 12.1 Å². The summed E-state index contributed by atoms with van der Waals surface area (Å²) in [7, 11) is 3.51. The number of anilines is 1. The lowest BCUT2D eigenvalue weighted by Crippen LogP contribution is -2.53. The number of carbonyl (C=O) groups is 3. The van der Waals surface area contributed by atoms with Gasteiger partial charge in [-0.2, -0.15) is 0 Å². The van der Waals surface area contributed by atoms with Crippen molar-refractivity contribution in [3.63, 3.8) is 0 Å². The molecule has 5 aliphatic rings. The van der Waals surface area contributed by atoms with Crippen LogP contribution in [0.1, 0.15) is 110 Å². The number of imidazole rings is 1. The summed E-state index contributed by atoms with van der Waals surface area (Å²) >= 11 is 0. The highest BCUT2D eigenvalue weighted by molar-refractivity contribution is 6.00. The van der Waals surface area contributed by atoms with Crippen LogP contribution in [-0.2, 0) is 23.2 Å². The highest BCUT2D eigenvalue weighted by atomic mass is 19.1. The lowest BCUT2D eigenvalue weighted by molar-refractivity contribution is -0.135. The molecule has 3 amide bonds. The lowest BCUT2D eigenvalue weighted by atomic mass is 9.92. The summed E-state index contributed by atoms with van der Waals surface area (Å²) in [5, 5.41) is 5.87. The van der Waals surface area contributed by atoms with Crippen molar-refractivity contribution in [2.75, 3.05) is 64.7 Å². The van der Waals surface area contributed by atoms with Gasteiger partial charge in [-0.3, -0.25) is 52.9 Å². The van der Waals surface area contributed by atoms with Crippen molar-refractivity contribution < 1.29 is 23.2 Å². The first kappa shape index (κ1) is 49.5. The Hall–Kier alpha value is -6.76. The Labute approximate surface area is 428 Å². The van der Waals surface area contributed by atoms with Crippen LogP contribution in [0.2, 0.25) is 0 Å². The van der Waals surface area contributed by atoms with Crippen LogP contribution in [-0.4, -0.2) is 126 Å². The summed E-state index contributed by atoms with van der Waals surface area (Å²) < 4.78 is 37.8. The largest absolute Gasteiger partial charge is 0.386 e. The van der Waals surface area contributed by atoms with Crippen molar-refractivity contribution in [1.82, 2.24) is 48.2 Å². The average Bonchev–Trinajstić information content (AvgIpc) is 4.11. The zero-order valence-corrected chi connectivity index (χ0v) is 42.9. The van der Waals surface area contributed by atoms with E-state index in [1.165, 1.54) is 22.9 Å². The summed E-state index contributed by atoms with van der Waals surface area (Å²) in [5.74, 6) is -1.30. The number of pyridine rings is 2. The number of likely N-dealkylation sites (tertiary alicyclic amines) is 1. The number of imide groups is 1. The minimum Gasteiger partial charge on any atom is -0.386 e. The molecule has 3 atom stereocenters. The van der Waals surface area contributed by atoms with Gasteiger partial charge in [0, 0.05) is 132 Å². The van der Waals surface area contributed by atoms with Gasteiger partial charge in [0.15, 0.2) is 5.82 Å². The minimum atomic E-state index is -0.695. The number of aromatic nitrogens is 5. The van der Waals surface area contributed by atoms with E-state index < -0.39 is 17.8 Å². The molecule has 0 bridgehead atoms. The van der Waals surface area contributed by atoms with E-state index in [4.69, 9.17) is 0 Å². The van der Waals surface area contributed by atoms with Crippen LogP contribution in [0.25, 0.3) is 33.3 Å². The molecule has 6 aromatic rings. The number of benzene rings is 2. The van der Waals surface area contributed by atoms with Crippen molar-refractivity contribution in [3.05, 3.63) is 127 Å². The third-order valence-electron chi connectivity index (χ3n) is 16.6. The molecule has 388 valence electrons. The fourth-order valence-corrected chi connectivity index (χ4v) is 12.3. The second-order valence-electron chi connectivity index (χ2n) is 21.3. The highest BCUT2D eigenvalue weighted by Gasteiger charge is 2.36. The number of halogens is 2. The molecule has 4 aromatic heterocycles. The average molecular weight is 1010 g/mol. The lowest BCUT2D eigenvalue weighted by Gasteiger charge is -2.42. The molecule has 1 saturated carbocycles. The molecule has 4 fully saturated rings. The van der Waals surface area contributed by atoms with E-state index >= 15 is 4.39 Å². The van der Waals surface area contributed by atoms with Crippen molar-refractivity contribution in [2.24, 2.45) is 13.0 Å². The second-order valence-corrected chi connectivity index (χ2v) is 21.3. The number of piperazine rings is 1. The number of amides is 3. The van der Waals surface area contributed by atoms with E-state index in [1.807, 2.05) is 46.2 Å². The maximum Gasteiger partial charge on any atom is 0.330 e. The second kappa shape index (κ2) is 19.8. The number of nitrogens with zero attached hydrogens (tertiary/aromatic N) is 9. The van der Waals surface area contributed by atoms with Crippen molar-refractivity contribution in [3.8, 4) is 5.69 Å². The molecule has 2 N–H and O–H groups in total. The maximum atomic E-state index is 16.2. The van der Waals surface area contributed by atoms with E-state index in [1.54, 1.807) is 23.9 Å². The van der Waals surface area contributed by atoms with E-state index in [2.05, 4.69) is 62.4 Å². The van der Waals surface area contributed by atoms with Gasteiger partial charge in [-0.05, 0) is 118 Å². The quantitative estimate of drug-likeness (QED) is 0.127. The van der Waals surface area contributed by atoms with E-state index in [0.29, 0.717) is 73.4 Å². The SMILES string of the molecule is CNc1cc(=O)n(-c2ccnc3c2cc([C@H](C)N2CC=C(c4c(C)cc(C(=O)N5CCC(CN6CCN(Cc7ccc8c(c7)n(C7CC7)c(=O)n8[C@@H]7CCC(=O)NC7=O)C[C@@H]6C)CC5)cc4F)CC2)n3C)cc1F.